The zero-order valence-corrected chi connectivity index (χ0v) is 19.3. The quantitative estimate of drug-likeness (QED) is 0.399. The number of ether oxygens (including phenoxy) is 1. The number of amides is 2. The van der Waals surface area contributed by atoms with Gasteiger partial charge in [-0.2, -0.15) is 4.98 Å². The molecule has 0 saturated carbocycles. The molecule has 0 fully saturated rings. The lowest BCUT2D eigenvalue weighted by atomic mass is 10.1. The van der Waals surface area contributed by atoms with Crippen LogP contribution < -0.4 is 10.1 Å². The fourth-order valence-electron chi connectivity index (χ4n) is 4.16. The van der Waals surface area contributed by atoms with Crippen LogP contribution in [0.1, 0.15) is 26.7 Å². The van der Waals surface area contributed by atoms with E-state index in [1.165, 1.54) is 6.20 Å². The maximum atomic E-state index is 13.1. The molecule has 0 unspecified atom stereocenters. The lowest BCUT2D eigenvalue weighted by Crippen LogP contribution is -2.44. The first-order valence-corrected chi connectivity index (χ1v) is 11.3. The van der Waals surface area contributed by atoms with Gasteiger partial charge in [-0.15, -0.1) is 0 Å². The number of fused-ring (bicyclic) bond motifs is 3. The molecule has 2 amide bonds. The standard InChI is InChI=1S/C24H22F2N6O4/c1-14-29-21(30-36-14)15-3-2-4-16(11-15)22(33)27-7-8-31-9-10-32-18-5-6-28-23(35-13-20(25)26)17(18)12-19(32)24(31)34/h2-6,11-12,20H,7-10,13H2,1H3,(H,27,33). The van der Waals surface area contributed by atoms with E-state index in [9.17, 15) is 18.4 Å². The number of rotatable bonds is 8. The molecule has 0 saturated heterocycles. The lowest BCUT2D eigenvalue weighted by Gasteiger charge is -2.28. The first kappa shape index (κ1) is 23.4. The number of aryl methyl sites for hydroxylation is 1. The Morgan fingerprint density at radius 3 is 2.89 bits per heavy atom. The zero-order chi connectivity index (χ0) is 25.2. The van der Waals surface area contributed by atoms with Crippen LogP contribution in [0.25, 0.3) is 22.3 Å². The van der Waals surface area contributed by atoms with Gasteiger partial charge in [0.05, 0.1) is 10.9 Å². The molecule has 186 valence electrons. The second kappa shape index (κ2) is 9.72. The number of benzene rings is 1. The van der Waals surface area contributed by atoms with Gasteiger partial charge < -0.3 is 24.0 Å². The number of nitrogens with one attached hydrogen (secondary N) is 1. The van der Waals surface area contributed by atoms with Crippen LogP contribution in [0.5, 0.6) is 5.88 Å². The monoisotopic (exact) mass is 496 g/mol. The summed E-state index contributed by atoms with van der Waals surface area (Å²) >= 11 is 0. The first-order chi connectivity index (χ1) is 17.4. The highest BCUT2D eigenvalue weighted by atomic mass is 19.3. The smallest absolute Gasteiger partial charge is 0.272 e. The number of hydrogen-bond acceptors (Lipinski definition) is 7. The van der Waals surface area contributed by atoms with Crippen molar-refractivity contribution < 1.29 is 27.6 Å². The summed E-state index contributed by atoms with van der Waals surface area (Å²) in [5.41, 5.74) is 2.21. The predicted octanol–water partition coefficient (Wildman–Crippen LogP) is 2.92. The van der Waals surface area contributed by atoms with Crippen LogP contribution in [0, 0.1) is 6.92 Å². The van der Waals surface area contributed by atoms with Gasteiger partial charge in [0.2, 0.25) is 17.6 Å². The second-order valence-corrected chi connectivity index (χ2v) is 8.20. The van der Waals surface area contributed by atoms with Gasteiger partial charge in [-0.25, -0.2) is 13.8 Å². The number of aromatic nitrogens is 4. The third-order valence-corrected chi connectivity index (χ3v) is 5.82. The summed E-state index contributed by atoms with van der Waals surface area (Å²) in [6.07, 6.45) is -1.16. The molecule has 4 heterocycles. The molecule has 12 heteroatoms. The Bertz CT molecular complexity index is 1430. The molecule has 4 aromatic rings. The number of pyridine rings is 1. The van der Waals surface area contributed by atoms with Crippen LogP contribution >= 0.6 is 0 Å². The van der Waals surface area contributed by atoms with Crippen molar-refractivity contribution in [3.63, 3.8) is 0 Å². The van der Waals surface area contributed by atoms with Crippen LogP contribution in [0.15, 0.2) is 47.1 Å². The average molecular weight is 496 g/mol. The lowest BCUT2D eigenvalue weighted by molar-refractivity contribution is 0.0701. The van der Waals surface area contributed by atoms with E-state index in [4.69, 9.17) is 9.26 Å². The Morgan fingerprint density at radius 2 is 2.11 bits per heavy atom. The summed E-state index contributed by atoms with van der Waals surface area (Å²) in [7, 11) is 0. The van der Waals surface area contributed by atoms with Gasteiger partial charge in [-0.1, -0.05) is 17.3 Å². The van der Waals surface area contributed by atoms with Crippen molar-refractivity contribution in [2.24, 2.45) is 0 Å². The van der Waals surface area contributed by atoms with E-state index in [0.717, 1.165) is 0 Å². The fourth-order valence-corrected chi connectivity index (χ4v) is 4.16. The van der Waals surface area contributed by atoms with Crippen molar-refractivity contribution >= 4 is 22.7 Å². The molecule has 10 nitrogen and oxygen atoms in total. The van der Waals surface area contributed by atoms with Crippen LogP contribution in [0.4, 0.5) is 8.78 Å². The van der Waals surface area contributed by atoms with Crippen molar-refractivity contribution in [1.29, 1.82) is 0 Å². The fraction of sp³-hybridized carbons (Fsp3) is 0.292. The summed E-state index contributed by atoms with van der Waals surface area (Å²) in [5.74, 6) is 0.385. The Kier molecular flexibility index (Phi) is 6.32. The van der Waals surface area contributed by atoms with E-state index >= 15 is 0 Å². The van der Waals surface area contributed by atoms with Crippen LogP contribution in [-0.2, 0) is 6.54 Å². The molecule has 0 spiro atoms. The Labute approximate surface area is 203 Å². The second-order valence-electron chi connectivity index (χ2n) is 8.20. The zero-order valence-electron chi connectivity index (χ0n) is 19.3. The van der Waals surface area contributed by atoms with Crippen molar-refractivity contribution in [2.75, 3.05) is 26.2 Å². The Hall–Kier alpha value is -4.35. The van der Waals surface area contributed by atoms with Gasteiger partial charge in [0.25, 0.3) is 18.2 Å². The van der Waals surface area contributed by atoms with E-state index in [2.05, 4.69) is 20.4 Å². The molecule has 36 heavy (non-hydrogen) atoms. The average Bonchev–Trinajstić information content (AvgIpc) is 3.48. The third-order valence-electron chi connectivity index (χ3n) is 5.82. The van der Waals surface area contributed by atoms with E-state index < -0.39 is 13.0 Å². The van der Waals surface area contributed by atoms with Crippen molar-refractivity contribution in [3.8, 4) is 17.3 Å². The minimum atomic E-state index is -2.63. The molecule has 1 aliphatic heterocycles. The summed E-state index contributed by atoms with van der Waals surface area (Å²) in [5, 5.41) is 7.21. The highest BCUT2D eigenvalue weighted by Gasteiger charge is 2.27. The van der Waals surface area contributed by atoms with E-state index in [1.807, 2.05) is 4.57 Å². The molecule has 1 aliphatic rings. The van der Waals surface area contributed by atoms with Gasteiger partial charge in [-0.3, -0.25) is 9.59 Å². The molecule has 1 N–H and O–H groups in total. The topological polar surface area (TPSA) is 115 Å². The maximum absolute atomic E-state index is 13.1. The summed E-state index contributed by atoms with van der Waals surface area (Å²) in [6, 6.07) is 10.2. The Morgan fingerprint density at radius 1 is 1.25 bits per heavy atom. The van der Waals surface area contributed by atoms with E-state index in [-0.39, 0.29) is 24.2 Å². The molecule has 1 aromatic carbocycles. The van der Waals surface area contributed by atoms with E-state index in [1.54, 1.807) is 48.2 Å². The molecule has 0 radical (unpaired) electrons. The van der Waals surface area contributed by atoms with Gasteiger partial charge in [-0.05, 0) is 24.3 Å². The molecule has 0 atom stereocenters. The van der Waals surface area contributed by atoms with Crippen LogP contribution in [-0.4, -0.2) is 69.1 Å². The normalized spacial score (nSPS) is 13.3. The van der Waals surface area contributed by atoms with Gasteiger partial charge in [0, 0.05) is 50.4 Å². The molecular formula is C24H22F2N6O4. The van der Waals surface area contributed by atoms with Crippen molar-refractivity contribution in [1.82, 2.24) is 29.9 Å². The first-order valence-electron chi connectivity index (χ1n) is 11.3. The summed E-state index contributed by atoms with van der Waals surface area (Å²) in [4.78, 5) is 35.6. The number of nitrogens with zero attached hydrogens (tertiary/aromatic N) is 5. The predicted molar refractivity (Wildman–Crippen MR) is 124 cm³/mol. The van der Waals surface area contributed by atoms with Gasteiger partial charge in [0.15, 0.2) is 6.61 Å². The third kappa shape index (κ3) is 4.61. The number of hydrogen-bond donors (Lipinski definition) is 1. The van der Waals surface area contributed by atoms with Crippen LogP contribution in [0.3, 0.4) is 0 Å². The summed E-state index contributed by atoms with van der Waals surface area (Å²) < 4.78 is 37.1. The number of carbonyl (C=O) groups excluding carboxylic acids is 2. The van der Waals surface area contributed by atoms with Gasteiger partial charge in [0.1, 0.15) is 5.69 Å². The molecular weight excluding hydrogens is 474 g/mol. The number of alkyl halides is 2. The number of carbonyl (C=O) groups is 2. The minimum absolute atomic E-state index is 0.0690. The van der Waals surface area contributed by atoms with Crippen molar-refractivity contribution in [3.05, 3.63) is 59.7 Å². The molecule has 0 aliphatic carbocycles. The van der Waals surface area contributed by atoms with Crippen molar-refractivity contribution in [2.45, 2.75) is 19.9 Å². The van der Waals surface area contributed by atoms with Gasteiger partial charge >= 0.3 is 0 Å². The molecule has 0 bridgehead atoms. The highest BCUT2D eigenvalue weighted by molar-refractivity contribution is 6.00. The minimum Gasteiger partial charge on any atom is -0.471 e. The largest absolute Gasteiger partial charge is 0.471 e. The summed E-state index contributed by atoms with van der Waals surface area (Å²) in [6.45, 7) is 2.43. The van der Waals surface area contributed by atoms with E-state index in [0.29, 0.717) is 59.1 Å². The Balaban J connectivity index is 1.23. The SMILES string of the molecule is Cc1nc(-c2cccc(C(=O)NCCN3CCn4c(cc5c(OCC(F)F)nccc54)C3=O)c2)no1. The molecule has 3 aromatic heterocycles. The van der Waals surface area contributed by atoms with Crippen LogP contribution in [0.2, 0.25) is 0 Å². The highest BCUT2D eigenvalue weighted by Crippen LogP contribution is 2.29. The molecule has 5 rings (SSSR count). The number of halogens is 2. The maximum Gasteiger partial charge on any atom is 0.272 e.